The molecular weight excluding hydrogens is 577 g/mol. The van der Waals surface area contributed by atoms with Crippen LogP contribution in [0.4, 0.5) is 0 Å². The Balaban J connectivity index is 0.00000231. The second kappa shape index (κ2) is 15.3. The fourth-order valence-electron chi connectivity index (χ4n) is 6.92. The Kier molecular flexibility index (Phi) is 12.4. The molecule has 41 heavy (non-hydrogen) atoms. The van der Waals surface area contributed by atoms with Crippen molar-refractivity contribution in [2.45, 2.75) is 44.8 Å². The number of carbonyl (C=O) groups excluding carboxylic acids is 1. The van der Waals surface area contributed by atoms with Crippen LogP contribution < -0.4 is 10.1 Å². The standard InChI is InChI=1S/C33H40ClN3O2.2ClH/c1-4-36(5-2)33(38)28-22-37-19-18-27(28)31(35-21-25-20-26(34)16-17-29(25)39-3)32(37)30(23-12-8-6-9-13-23)24-14-10-7-11-15-24;;/h6-17,20,27-28,30-32,35H,4-5,18-19,21-22H2,1-3H3;2*1H/t27-,28-,31-,32-;;/m0../s1. The number of piperidine rings is 3. The lowest BCUT2D eigenvalue weighted by Crippen LogP contribution is -2.69. The number of nitrogens with zero attached hydrogens (tertiary/aromatic N) is 2. The highest BCUT2D eigenvalue weighted by atomic mass is 35.5. The number of halogens is 3. The van der Waals surface area contributed by atoms with Crippen molar-refractivity contribution in [1.82, 2.24) is 15.1 Å². The summed E-state index contributed by atoms with van der Waals surface area (Å²) in [5.41, 5.74) is 3.64. The number of fused-ring (bicyclic) bond motifs is 3. The van der Waals surface area contributed by atoms with Crippen LogP contribution in [0, 0.1) is 11.8 Å². The predicted octanol–water partition coefficient (Wildman–Crippen LogP) is 6.67. The number of methoxy groups -OCH3 is 1. The predicted molar refractivity (Wildman–Crippen MR) is 173 cm³/mol. The van der Waals surface area contributed by atoms with Gasteiger partial charge < -0.3 is 15.0 Å². The molecule has 0 radical (unpaired) electrons. The van der Waals surface area contributed by atoms with Crippen LogP contribution in [0.2, 0.25) is 5.02 Å². The van der Waals surface area contributed by atoms with Gasteiger partial charge in [-0.2, -0.15) is 0 Å². The Morgan fingerprint density at radius 3 is 2.17 bits per heavy atom. The van der Waals surface area contributed by atoms with E-state index in [1.807, 2.05) is 23.1 Å². The van der Waals surface area contributed by atoms with E-state index >= 15 is 0 Å². The molecule has 3 saturated heterocycles. The van der Waals surface area contributed by atoms with Crippen molar-refractivity contribution < 1.29 is 9.53 Å². The Bertz CT molecular complexity index is 1200. The van der Waals surface area contributed by atoms with E-state index in [-0.39, 0.29) is 60.6 Å². The number of rotatable bonds is 10. The second-order valence-corrected chi connectivity index (χ2v) is 11.2. The molecule has 222 valence electrons. The second-order valence-electron chi connectivity index (χ2n) is 10.7. The minimum Gasteiger partial charge on any atom is -0.496 e. The van der Waals surface area contributed by atoms with E-state index < -0.39 is 0 Å². The molecule has 5 nitrogen and oxygen atoms in total. The van der Waals surface area contributed by atoms with Crippen LogP contribution in [-0.2, 0) is 11.3 Å². The molecule has 8 heteroatoms. The van der Waals surface area contributed by atoms with Crippen molar-refractivity contribution >= 4 is 42.3 Å². The molecule has 3 aliphatic heterocycles. The highest BCUT2D eigenvalue weighted by Gasteiger charge is 2.52. The Morgan fingerprint density at radius 2 is 1.61 bits per heavy atom. The molecule has 0 aliphatic carbocycles. The van der Waals surface area contributed by atoms with Gasteiger partial charge in [-0.25, -0.2) is 0 Å². The molecule has 1 unspecified atom stereocenters. The first-order valence-electron chi connectivity index (χ1n) is 14.2. The highest BCUT2D eigenvalue weighted by Crippen LogP contribution is 2.45. The summed E-state index contributed by atoms with van der Waals surface area (Å²) in [6, 6.07) is 27.8. The van der Waals surface area contributed by atoms with Gasteiger partial charge in [0.1, 0.15) is 5.75 Å². The molecule has 6 rings (SSSR count). The molecular formula is C33H42Cl3N3O2. The van der Waals surface area contributed by atoms with Crippen molar-refractivity contribution in [2.24, 2.45) is 11.8 Å². The number of amides is 1. The molecule has 2 bridgehead atoms. The number of nitrogens with one attached hydrogen (secondary N) is 1. The van der Waals surface area contributed by atoms with E-state index in [0.717, 1.165) is 43.9 Å². The lowest BCUT2D eigenvalue weighted by Gasteiger charge is -2.57. The van der Waals surface area contributed by atoms with E-state index in [0.29, 0.717) is 11.6 Å². The number of ether oxygens (including phenoxy) is 1. The molecule has 0 saturated carbocycles. The average molecular weight is 619 g/mol. The molecule has 3 heterocycles. The van der Waals surface area contributed by atoms with Gasteiger partial charge in [0.25, 0.3) is 0 Å². The summed E-state index contributed by atoms with van der Waals surface area (Å²) in [6.45, 7) is 8.08. The lowest BCUT2D eigenvalue weighted by atomic mass is 9.66. The topological polar surface area (TPSA) is 44.8 Å². The Hall–Kier alpha value is -2.28. The van der Waals surface area contributed by atoms with Gasteiger partial charge in [0, 0.05) is 54.8 Å². The van der Waals surface area contributed by atoms with Gasteiger partial charge in [-0.05, 0) is 62.1 Å². The summed E-state index contributed by atoms with van der Waals surface area (Å²) in [5.74, 6) is 1.52. The van der Waals surface area contributed by atoms with Crippen molar-refractivity contribution in [3.8, 4) is 5.75 Å². The minimum absolute atomic E-state index is 0. The number of carbonyl (C=O) groups is 1. The van der Waals surface area contributed by atoms with Gasteiger partial charge in [-0.3, -0.25) is 9.69 Å². The van der Waals surface area contributed by atoms with Crippen LogP contribution >= 0.6 is 36.4 Å². The van der Waals surface area contributed by atoms with Gasteiger partial charge in [0.15, 0.2) is 0 Å². The normalized spacial score (nSPS) is 22.9. The van der Waals surface area contributed by atoms with Crippen molar-refractivity contribution in [3.05, 3.63) is 101 Å². The zero-order chi connectivity index (χ0) is 27.4. The summed E-state index contributed by atoms with van der Waals surface area (Å²) < 4.78 is 5.67. The Labute approximate surface area is 262 Å². The zero-order valence-electron chi connectivity index (χ0n) is 24.0. The maximum Gasteiger partial charge on any atom is 0.227 e. The maximum atomic E-state index is 13.8. The van der Waals surface area contributed by atoms with Crippen LogP contribution in [-0.4, -0.2) is 61.1 Å². The third-order valence-corrected chi connectivity index (χ3v) is 9.01. The van der Waals surface area contributed by atoms with Gasteiger partial charge in [0.05, 0.1) is 13.0 Å². The van der Waals surface area contributed by atoms with Crippen LogP contribution in [0.1, 0.15) is 42.9 Å². The molecule has 1 amide bonds. The zero-order valence-corrected chi connectivity index (χ0v) is 26.4. The SMILES string of the molecule is CCN(CC)C(=O)[C@H]1CN2CC[C@@H]1[C@H](NCc1cc(Cl)ccc1OC)[C@@H]2C(c1ccccc1)c1ccccc1.Cl.Cl. The van der Waals surface area contributed by atoms with E-state index in [1.165, 1.54) is 11.1 Å². The van der Waals surface area contributed by atoms with Crippen LogP contribution in [0.5, 0.6) is 5.75 Å². The average Bonchev–Trinajstić information content (AvgIpc) is 2.98. The molecule has 3 fully saturated rings. The summed E-state index contributed by atoms with van der Waals surface area (Å²) in [7, 11) is 1.70. The van der Waals surface area contributed by atoms with Crippen molar-refractivity contribution in [3.63, 3.8) is 0 Å². The lowest BCUT2D eigenvalue weighted by molar-refractivity contribution is -0.145. The van der Waals surface area contributed by atoms with Crippen molar-refractivity contribution in [1.29, 1.82) is 0 Å². The molecule has 0 spiro atoms. The summed E-state index contributed by atoms with van der Waals surface area (Å²) in [6.07, 6.45) is 1.01. The van der Waals surface area contributed by atoms with Crippen LogP contribution in [0.3, 0.4) is 0 Å². The minimum atomic E-state index is -0.0131. The first kappa shape index (κ1) is 33.2. The largest absolute Gasteiger partial charge is 0.496 e. The molecule has 0 aromatic heterocycles. The molecule has 5 atom stereocenters. The molecule has 3 aliphatic rings. The van der Waals surface area contributed by atoms with E-state index in [1.54, 1.807) is 7.11 Å². The fourth-order valence-corrected chi connectivity index (χ4v) is 7.11. The Morgan fingerprint density at radius 1 is 1.00 bits per heavy atom. The maximum absolute atomic E-state index is 13.8. The van der Waals surface area contributed by atoms with Gasteiger partial charge in [0.2, 0.25) is 5.91 Å². The first-order valence-corrected chi connectivity index (χ1v) is 14.6. The number of hydrogen-bond donors (Lipinski definition) is 1. The van der Waals surface area contributed by atoms with Gasteiger partial charge >= 0.3 is 0 Å². The van der Waals surface area contributed by atoms with E-state index in [4.69, 9.17) is 16.3 Å². The molecule has 3 aromatic carbocycles. The van der Waals surface area contributed by atoms with E-state index in [2.05, 4.69) is 84.7 Å². The summed E-state index contributed by atoms with van der Waals surface area (Å²) in [4.78, 5) is 18.4. The van der Waals surface area contributed by atoms with Crippen molar-refractivity contribution in [2.75, 3.05) is 33.3 Å². The molecule has 3 aromatic rings. The number of hydrogen-bond acceptors (Lipinski definition) is 4. The van der Waals surface area contributed by atoms with Gasteiger partial charge in [-0.1, -0.05) is 72.3 Å². The van der Waals surface area contributed by atoms with E-state index in [9.17, 15) is 4.79 Å². The highest BCUT2D eigenvalue weighted by molar-refractivity contribution is 6.30. The summed E-state index contributed by atoms with van der Waals surface area (Å²) >= 11 is 6.39. The third kappa shape index (κ3) is 7.03. The summed E-state index contributed by atoms with van der Waals surface area (Å²) in [5, 5.41) is 4.64. The van der Waals surface area contributed by atoms with Gasteiger partial charge in [-0.15, -0.1) is 24.8 Å². The quantitative estimate of drug-likeness (QED) is 0.276. The van der Waals surface area contributed by atoms with Crippen LogP contribution in [0.25, 0.3) is 0 Å². The monoisotopic (exact) mass is 617 g/mol. The smallest absolute Gasteiger partial charge is 0.227 e. The first-order chi connectivity index (χ1) is 19.0. The fraction of sp³-hybridized carbons (Fsp3) is 0.424. The molecule has 1 N–H and O–H groups in total. The van der Waals surface area contributed by atoms with Crippen LogP contribution in [0.15, 0.2) is 78.9 Å². The third-order valence-electron chi connectivity index (χ3n) is 8.77. The number of benzene rings is 3.